The number of benzene rings is 1. The smallest absolute Gasteiger partial charge is 0.224 e. The maximum Gasteiger partial charge on any atom is 0.224 e. The Morgan fingerprint density at radius 3 is 2.67 bits per heavy atom. The van der Waals surface area contributed by atoms with Gasteiger partial charge in [-0.3, -0.25) is 9.78 Å². The van der Waals surface area contributed by atoms with E-state index in [2.05, 4.69) is 25.9 Å². The average Bonchev–Trinajstić information content (AvgIpc) is 3.23. The molecule has 156 valence electrons. The highest BCUT2D eigenvalue weighted by atomic mass is 19.1. The van der Waals surface area contributed by atoms with Gasteiger partial charge in [-0.1, -0.05) is 24.3 Å². The number of hydrogen-bond acceptors (Lipinski definition) is 3. The summed E-state index contributed by atoms with van der Waals surface area (Å²) in [5.74, 6) is 0.530. The highest BCUT2D eigenvalue weighted by Gasteiger charge is 2.25. The SMILES string of the molecule is O=C(Cc1ccccc1F)NCC1CCC(c2cncn2Cc2cccnc2)CC1. The lowest BCUT2D eigenvalue weighted by molar-refractivity contribution is -0.120. The third-order valence-corrected chi connectivity index (χ3v) is 5.98. The maximum absolute atomic E-state index is 13.7. The van der Waals surface area contributed by atoms with Crippen LogP contribution in [0.1, 0.15) is 48.4 Å². The van der Waals surface area contributed by atoms with Crippen LogP contribution in [0.25, 0.3) is 0 Å². The van der Waals surface area contributed by atoms with Crippen LogP contribution >= 0.6 is 0 Å². The molecule has 0 aliphatic heterocycles. The van der Waals surface area contributed by atoms with E-state index < -0.39 is 0 Å². The number of rotatable bonds is 7. The van der Waals surface area contributed by atoms with Crippen molar-refractivity contribution in [2.24, 2.45) is 5.92 Å². The van der Waals surface area contributed by atoms with Gasteiger partial charge in [0.2, 0.25) is 5.91 Å². The molecule has 4 rings (SSSR count). The summed E-state index contributed by atoms with van der Waals surface area (Å²) in [4.78, 5) is 20.8. The number of nitrogens with zero attached hydrogens (tertiary/aromatic N) is 3. The Balaban J connectivity index is 1.25. The van der Waals surface area contributed by atoms with Crippen LogP contribution in [0.15, 0.2) is 61.3 Å². The van der Waals surface area contributed by atoms with Crippen molar-refractivity contribution in [3.8, 4) is 0 Å². The van der Waals surface area contributed by atoms with Gasteiger partial charge in [0, 0.05) is 36.7 Å². The number of amides is 1. The van der Waals surface area contributed by atoms with Crippen LogP contribution in [0.4, 0.5) is 4.39 Å². The second-order valence-corrected chi connectivity index (χ2v) is 8.10. The first-order valence-electron chi connectivity index (χ1n) is 10.6. The number of pyridine rings is 1. The molecular formula is C24H27FN4O. The summed E-state index contributed by atoms with van der Waals surface area (Å²) in [6.45, 7) is 1.45. The molecule has 1 N–H and O–H groups in total. The molecule has 1 saturated carbocycles. The van der Waals surface area contributed by atoms with E-state index in [1.807, 2.05) is 24.8 Å². The van der Waals surface area contributed by atoms with E-state index in [9.17, 15) is 9.18 Å². The van der Waals surface area contributed by atoms with Crippen LogP contribution in [0, 0.1) is 11.7 Å². The molecule has 0 spiro atoms. The average molecular weight is 407 g/mol. The van der Waals surface area contributed by atoms with Crippen molar-refractivity contribution in [3.05, 3.63) is 84.0 Å². The third-order valence-electron chi connectivity index (χ3n) is 5.98. The molecule has 2 aromatic heterocycles. The fourth-order valence-corrected chi connectivity index (χ4v) is 4.29. The maximum atomic E-state index is 13.7. The first kappa shape index (κ1) is 20.3. The van der Waals surface area contributed by atoms with Crippen molar-refractivity contribution in [3.63, 3.8) is 0 Å². The fourth-order valence-electron chi connectivity index (χ4n) is 4.29. The minimum atomic E-state index is -0.323. The molecule has 2 heterocycles. The van der Waals surface area contributed by atoms with Crippen LogP contribution < -0.4 is 5.32 Å². The summed E-state index contributed by atoms with van der Waals surface area (Å²) in [6.07, 6.45) is 12.0. The van der Waals surface area contributed by atoms with Gasteiger partial charge in [-0.15, -0.1) is 0 Å². The number of aromatic nitrogens is 3. The summed E-state index contributed by atoms with van der Waals surface area (Å²) in [6, 6.07) is 10.5. The van der Waals surface area contributed by atoms with Gasteiger partial charge in [0.1, 0.15) is 5.82 Å². The number of halogens is 1. The third kappa shape index (κ3) is 5.12. The summed E-state index contributed by atoms with van der Waals surface area (Å²) >= 11 is 0. The summed E-state index contributed by atoms with van der Waals surface area (Å²) in [5, 5.41) is 2.99. The Hall–Kier alpha value is -3.02. The molecule has 30 heavy (non-hydrogen) atoms. The number of nitrogens with one attached hydrogen (secondary N) is 1. The Morgan fingerprint density at radius 1 is 1.07 bits per heavy atom. The van der Waals surface area contributed by atoms with Gasteiger partial charge in [0.15, 0.2) is 0 Å². The number of hydrogen-bond donors (Lipinski definition) is 1. The van der Waals surface area contributed by atoms with Gasteiger partial charge in [-0.05, 0) is 54.9 Å². The van der Waals surface area contributed by atoms with Gasteiger partial charge in [-0.2, -0.15) is 0 Å². The zero-order valence-corrected chi connectivity index (χ0v) is 17.0. The summed E-state index contributed by atoms with van der Waals surface area (Å²) in [5.41, 5.74) is 2.89. The standard InChI is InChI=1S/C24H27FN4O/c25-22-6-2-1-5-21(22)12-24(30)28-14-18-7-9-20(10-8-18)23-15-27-17-29(23)16-19-4-3-11-26-13-19/h1-6,11,13,15,17-18,20H,7-10,12,14,16H2,(H,28,30). The largest absolute Gasteiger partial charge is 0.356 e. The molecule has 0 unspecified atom stereocenters. The highest BCUT2D eigenvalue weighted by molar-refractivity contribution is 5.78. The number of carbonyl (C=O) groups excluding carboxylic acids is 1. The van der Waals surface area contributed by atoms with Crippen molar-refractivity contribution in [1.29, 1.82) is 0 Å². The molecule has 1 aliphatic rings. The van der Waals surface area contributed by atoms with E-state index in [0.717, 1.165) is 32.2 Å². The van der Waals surface area contributed by atoms with Crippen LogP contribution in [-0.2, 0) is 17.8 Å². The normalized spacial score (nSPS) is 18.8. The van der Waals surface area contributed by atoms with Crippen molar-refractivity contribution in [2.75, 3.05) is 6.54 Å². The van der Waals surface area contributed by atoms with E-state index in [4.69, 9.17) is 0 Å². The summed E-state index contributed by atoms with van der Waals surface area (Å²) < 4.78 is 15.9. The van der Waals surface area contributed by atoms with E-state index >= 15 is 0 Å². The Labute approximate surface area is 176 Å². The monoisotopic (exact) mass is 406 g/mol. The Morgan fingerprint density at radius 2 is 1.90 bits per heavy atom. The van der Waals surface area contributed by atoms with Crippen molar-refractivity contribution >= 4 is 5.91 Å². The van der Waals surface area contributed by atoms with Crippen molar-refractivity contribution < 1.29 is 9.18 Å². The van der Waals surface area contributed by atoms with Crippen LogP contribution in [0.3, 0.4) is 0 Å². The molecule has 3 aromatic rings. The molecule has 1 fully saturated rings. The minimum Gasteiger partial charge on any atom is -0.356 e. The van der Waals surface area contributed by atoms with Crippen LogP contribution in [0.5, 0.6) is 0 Å². The predicted octanol–water partition coefficient (Wildman–Crippen LogP) is 4.10. The lowest BCUT2D eigenvalue weighted by Gasteiger charge is -2.29. The molecule has 6 heteroatoms. The van der Waals surface area contributed by atoms with Crippen molar-refractivity contribution in [1.82, 2.24) is 19.9 Å². The van der Waals surface area contributed by atoms with Gasteiger partial charge in [0.05, 0.1) is 19.3 Å². The van der Waals surface area contributed by atoms with E-state index in [1.54, 1.807) is 24.4 Å². The van der Waals surface area contributed by atoms with Crippen molar-refractivity contribution in [2.45, 2.75) is 44.6 Å². The van der Waals surface area contributed by atoms with E-state index in [1.165, 1.54) is 17.3 Å². The van der Waals surface area contributed by atoms with Gasteiger partial charge < -0.3 is 9.88 Å². The van der Waals surface area contributed by atoms with Gasteiger partial charge in [-0.25, -0.2) is 9.37 Å². The number of carbonyl (C=O) groups is 1. The Kier molecular flexibility index (Phi) is 6.52. The molecular weight excluding hydrogens is 379 g/mol. The lowest BCUT2D eigenvalue weighted by atomic mass is 9.80. The van der Waals surface area contributed by atoms with Gasteiger partial charge >= 0.3 is 0 Å². The second kappa shape index (κ2) is 9.65. The highest BCUT2D eigenvalue weighted by Crippen LogP contribution is 2.35. The first-order valence-corrected chi connectivity index (χ1v) is 10.6. The fraction of sp³-hybridized carbons (Fsp3) is 0.375. The minimum absolute atomic E-state index is 0.0928. The topological polar surface area (TPSA) is 59.8 Å². The van der Waals surface area contributed by atoms with E-state index in [-0.39, 0.29) is 18.1 Å². The zero-order chi connectivity index (χ0) is 20.8. The molecule has 1 amide bonds. The summed E-state index contributed by atoms with van der Waals surface area (Å²) in [7, 11) is 0. The first-order chi connectivity index (χ1) is 14.7. The van der Waals surface area contributed by atoms with Crippen LogP contribution in [0.2, 0.25) is 0 Å². The zero-order valence-electron chi connectivity index (χ0n) is 17.0. The molecule has 1 aliphatic carbocycles. The quantitative estimate of drug-likeness (QED) is 0.643. The second-order valence-electron chi connectivity index (χ2n) is 8.10. The van der Waals surface area contributed by atoms with Gasteiger partial charge in [0.25, 0.3) is 0 Å². The molecule has 0 radical (unpaired) electrons. The predicted molar refractivity (Wildman–Crippen MR) is 113 cm³/mol. The van der Waals surface area contributed by atoms with Crippen LogP contribution in [-0.4, -0.2) is 27.0 Å². The lowest BCUT2D eigenvalue weighted by Crippen LogP contribution is -2.32. The number of imidazole rings is 1. The molecule has 1 aromatic carbocycles. The molecule has 0 bridgehead atoms. The van der Waals surface area contributed by atoms with E-state index in [0.29, 0.717) is 23.9 Å². The Bertz CT molecular complexity index is 964. The molecule has 0 atom stereocenters. The molecule has 0 saturated heterocycles. The molecule has 5 nitrogen and oxygen atoms in total.